The van der Waals surface area contributed by atoms with E-state index < -0.39 is 0 Å². The van der Waals surface area contributed by atoms with Crippen LogP contribution >= 0.6 is 0 Å². The predicted molar refractivity (Wildman–Crippen MR) is 131 cm³/mol. The number of rotatable bonds is 5. The van der Waals surface area contributed by atoms with E-state index in [2.05, 4.69) is 16.0 Å². The van der Waals surface area contributed by atoms with Gasteiger partial charge in [-0.15, -0.1) is 0 Å². The number of carbonyl (C=O) groups excluding carboxylic acids is 1. The van der Waals surface area contributed by atoms with Crippen molar-refractivity contribution in [3.05, 3.63) is 65.7 Å². The van der Waals surface area contributed by atoms with Crippen LogP contribution in [0.4, 0.5) is 10.2 Å². The molecule has 178 valence electrons. The molecule has 1 saturated carbocycles. The van der Waals surface area contributed by atoms with Gasteiger partial charge in [0, 0.05) is 49.6 Å². The lowest BCUT2D eigenvalue weighted by Crippen LogP contribution is -2.50. The van der Waals surface area contributed by atoms with Crippen molar-refractivity contribution >= 4 is 11.7 Å². The normalized spacial score (nSPS) is 17.2. The Morgan fingerprint density at radius 1 is 1.03 bits per heavy atom. The van der Waals surface area contributed by atoms with Crippen LogP contribution in [0.5, 0.6) is 0 Å². The van der Waals surface area contributed by atoms with E-state index >= 15 is 0 Å². The summed E-state index contributed by atoms with van der Waals surface area (Å²) in [6.07, 6.45) is 7.76. The van der Waals surface area contributed by atoms with E-state index in [-0.39, 0.29) is 18.3 Å². The maximum absolute atomic E-state index is 13.8. The molecule has 34 heavy (non-hydrogen) atoms. The molecule has 7 heteroatoms. The van der Waals surface area contributed by atoms with Crippen LogP contribution in [0.3, 0.4) is 0 Å². The zero-order valence-electron chi connectivity index (χ0n) is 19.8. The molecule has 0 spiro atoms. The first kappa shape index (κ1) is 22.6. The van der Waals surface area contributed by atoms with Gasteiger partial charge in [0.2, 0.25) is 5.91 Å². The van der Waals surface area contributed by atoms with E-state index in [9.17, 15) is 9.18 Å². The number of amides is 1. The number of halogens is 1. The smallest absolute Gasteiger partial charge is 0.244 e. The van der Waals surface area contributed by atoms with Gasteiger partial charge in [-0.1, -0.05) is 25.3 Å². The summed E-state index contributed by atoms with van der Waals surface area (Å²) in [7, 11) is 0. The van der Waals surface area contributed by atoms with Gasteiger partial charge in [-0.25, -0.2) is 9.37 Å². The van der Waals surface area contributed by atoms with Crippen molar-refractivity contribution < 1.29 is 9.18 Å². The fourth-order valence-electron chi connectivity index (χ4n) is 5.18. The number of piperazine rings is 1. The van der Waals surface area contributed by atoms with Crippen LogP contribution in [0.15, 0.2) is 48.7 Å². The van der Waals surface area contributed by atoms with Gasteiger partial charge < -0.3 is 9.80 Å². The number of benzene rings is 1. The Hall–Kier alpha value is -3.22. The van der Waals surface area contributed by atoms with Gasteiger partial charge in [0.1, 0.15) is 18.2 Å². The van der Waals surface area contributed by atoms with E-state index in [0.717, 1.165) is 48.7 Å². The third-order valence-electron chi connectivity index (χ3n) is 7.18. The summed E-state index contributed by atoms with van der Waals surface area (Å²) < 4.78 is 15.7. The van der Waals surface area contributed by atoms with E-state index in [4.69, 9.17) is 5.10 Å². The first-order valence-corrected chi connectivity index (χ1v) is 12.4. The standard InChI is InChI=1S/C27H32FN5O/c1-20-17-22(10-11-23(20)28)24-18-25(21-7-3-2-4-8-21)33(30-24)19-27(34)32-15-13-31(14-16-32)26-9-5-6-12-29-26/h5-6,9-12,17-18,21H,2-4,7-8,13-16,19H2,1H3. The van der Waals surface area contributed by atoms with Crippen LogP contribution in [0.1, 0.15) is 49.3 Å². The quantitative estimate of drug-likeness (QED) is 0.548. The van der Waals surface area contributed by atoms with Crippen molar-refractivity contribution in [2.45, 2.75) is 51.5 Å². The summed E-state index contributed by atoms with van der Waals surface area (Å²) in [5.74, 6) is 1.27. The van der Waals surface area contributed by atoms with Crippen LogP contribution in [0.2, 0.25) is 0 Å². The molecule has 1 aromatic carbocycles. The van der Waals surface area contributed by atoms with Gasteiger partial charge in [-0.05, 0) is 61.7 Å². The van der Waals surface area contributed by atoms with Crippen molar-refractivity contribution in [1.29, 1.82) is 0 Å². The largest absolute Gasteiger partial charge is 0.353 e. The minimum atomic E-state index is -0.212. The Bertz CT molecular complexity index is 1130. The molecular weight excluding hydrogens is 429 g/mol. The fraction of sp³-hybridized carbons (Fsp3) is 0.444. The SMILES string of the molecule is Cc1cc(-c2cc(C3CCCCC3)n(CC(=O)N3CCN(c4ccccn4)CC3)n2)ccc1F. The van der Waals surface area contributed by atoms with Crippen molar-refractivity contribution in [2.75, 3.05) is 31.1 Å². The number of pyridine rings is 1. The number of hydrogen-bond acceptors (Lipinski definition) is 4. The number of hydrogen-bond donors (Lipinski definition) is 0. The van der Waals surface area contributed by atoms with Crippen molar-refractivity contribution in [2.24, 2.45) is 0 Å². The minimum absolute atomic E-state index is 0.0997. The summed E-state index contributed by atoms with van der Waals surface area (Å²) in [5, 5.41) is 4.85. The molecule has 1 aliphatic carbocycles. The maximum Gasteiger partial charge on any atom is 0.244 e. The van der Waals surface area contributed by atoms with Crippen LogP contribution in [-0.4, -0.2) is 51.8 Å². The zero-order valence-corrected chi connectivity index (χ0v) is 19.8. The number of nitrogens with zero attached hydrogens (tertiary/aromatic N) is 5. The average molecular weight is 462 g/mol. The fourth-order valence-corrected chi connectivity index (χ4v) is 5.18. The summed E-state index contributed by atoms with van der Waals surface area (Å²) in [4.78, 5) is 21.9. The topological polar surface area (TPSA) is 54.3 Å². The Balaban J connectivity index is 1.33. The van der Waals surface area contributed by atoms with E-state index in [1.165, 1.54) is 25.3 Å². The second kappa shape index (κ2) is 9.95. The van der Waals surface area contributed by atoms with Gasteiger partial charge in [0.25, 0.3) is 0 Å². The van der Waals surface area contributed by atoms with Crippen LogP contribution < -0.4 is 4.90 Å². The first-order valence-electron chi connectivity index (χ1n) is 12.4. The van der Waals surface area contributed by atoms with Gasteiger partial charge in [-0.3, -0.25) is 9.48 Å². The molecule has 2 aromatic heterocycles. The molecule has 1 aliphatic heterocycles. The van der Waals surface area contributed by atoms with Gasteiger partial charge in [0.05, 0.1) is 5.69 Å². The van der Waals surface area contributed by atoms with E-state index in [0.29, 0.717) is 24.6 Å². The van der Waals surface area contributed by atoms with E-state index in [1.807, 2.05) is 33.8 Å². The lowest BCUT2D eigenvalue weighted by molar-refractivity contribution is -0.132. The maximum atomic E-state index is 13.8. The molecule has 0 unspecified atom stereocenters. The highest BCUT2D eigenvalue weighted by Gasteiger charge is 2.26. The Morgan fingerprint density at radius 3 is 2.53 bits per heavy atom. The lowest BCUT2D eigenvalue weighted by atomic mass is 9.86. The Kier molecular flexibility index (Phi) is 6.61. The van der Waals surface area contributed by atoms with Crippen molar-refractivity contribution in [3.63, 3.8) is 0 Å². The monoisotopic (exact) mass is 461 g/mol. The molecule has 2 aliphatic rings. The van der Waals surface area contributed by atoms with Crippen molar-refractivity contribution in [3.8, 4) is 11.3 Å². The average Bonchev–Trinajstić information content (AvgIpc) is 3.30. The zero-order chi connectivity index (χ0) is 23.5. The van der Waals surface area contributed by atoms with E-state index in [1.54, 1.807) is 19.2 Å². The predicted octanol–water partition coefficient (Wildman–Crippen LogP) is 4.79. The molecule has 2 fully saturated rings. The molecule has 1 amide bonds. The minimum Gasteiger partial charge on any atom is -0.353 e. The molecule has 3 aromatic rings. The molecule has 1 saturated heterocycles. The molecule has 0 radical (unpaired) electrons. The molecule has 3 heterocycles. The number of carbonyl (C=O) groups is 1. The summed E-state index contributed by atoms with van der Waals surface area (Å²) in [6, 6.07) is 13.1. The second-order valence-electron chi connectivity index (χ2n) is 9.47. The highest BCUT2D eigenvalue weighted by atomic mass is 19.1. The number of aryl methyl sites for hydroxylation is 1. The Labute approximate surface area is 200 Å². The van der Waals surface area contributed by atoms with Gasteiger partial charge >= 0.3 is 0 Å². The molecule has 0 atom stereocenters. The second-order valence-corrected chi connectivity index (χ2v) is 9.47. The highest BCUT2D eigenvalue weighted by molar-refractivity contribution is 5.76. The molecular formula is C27H32FN5O. The molecule has 0 bridgehead atoms. The highest BCUT2D eigenvalue weighted by Crippen LogP contribution is 2.35. The lowest BCUT2D eigenvalue weighted by Gasteiger charge is -2.35. The first-order chi connectivity index (χ1) is 16.6. The number of aromatic nitrogens is 3. The third kappa shape index (κ3) is 4.83. The van der Waals surface area contributed by atoms with Gasteiger partial charge in [-0.2, -0.15) is 5.10 Å². The summed E-state index contributed by atoms with van der Waals surface area (Å²) in [5.41, 5.74) is 3.45. The van der Waals surface area contributed by atoms with Gasteiger partial charge in [0.15, 0.2) is 0 Å². The summed E-state index contributed by atoms with van der Waals surface area (Å²) in [6.45, 7) is 4.93. The molecule has 0 N–H and O–H groups in total. The van der Waals surface area contributed by atoms with Crippen LogP contribution in [0.25, 0.3) is 11.3 Å². The van der Waals surface area contributed by atoms with Crippen LogP contribution in [0, 0.1) is 12.7 Å². The molecule has 6 nitrogen and oxygen atoms in total. The summed E-state index contributed by atoms with van der Waals surface area (Å²) >= 11 is 0. The third-order valence-corrected chi connectivity index (χ3v) is 7.18. The Morgan fingerprint density at radius 2 is 1.82 bits per heavy atom. The van der Waals surface area contributed by atoms with Crippen LogP contribution in [-0.2, 0) is 11.3 Å². The van der Waals surface area contributed by atoms with Crippen molar-refractivity contribution in [1.82, 2.24) is 19.7 Å². The molecule has 5 rings (SSSR count). The number of anilines is 1.